The predicted octanol–water partition coefficient (Wildman–Crippen LogP) is 2.65. The van der Waals surface area contributed by atoms with Crippen molar-refractivity contribution >= 4 is 10.9 Å². The Morgan fingerprint density at radius 3 is 2.78 bits per heavy atom. The van der Waals surface area contributed by atoms with Gasteiger partial charge in [0, 0.05) is 36.6 Å². The smallest absolute Gasteiger partial charge is 0.120 e. The fourth-order valence-corrected chi connectivity index (χ4v) is 2.52. The van der Waals surface area contributed by atoms with Crippen LogP contribution in [-0.2, 0) is 13.5 Å². The molecule has 1 aromatic heterocycles. The highest BCUT2D eigenvalue weighted by Gasteiger charge is 2.11. The molecule has 18 heavy (non-hydrogen) atoms. The summed E-state index contributed by atoms with van der Waals surface area (Å²) < 4.78 is 7.87. The molecule has 0 amide bonds. The molecule has 1 heterocycles. The Morgan fingerprint density at radius 2 is 2.11 bits per heavy atom. The van der Waals surface area contributed by atoms with Crippen molar-refractivity contribution in [2.24, 2.45) is 7.05 Å². The predicted molar refractivity (Wildman–Crippen MR) is 76.5 cm³/mol. The molecule has 2 rings (SSSR count). The highest BCUT2D eigenvalue weighted by molar-refractivity contribution is 5.86. The largest absolute Gasteiger partial charge is 0.494 e. The molecule has 0 aliphatic carbocycles. The van der Waals surface area contributed by atoms with Crippen molar-refractivity contribution < 1.29 is 4.74 Å². The number of rotatable bonds is 5. The van der Waals surface area contributed by atoms with Crippen LogP contribution in [0.25, 0.3) is 10.9 Å². The third-order valence-corrected chi connectivity index (χ3v) is 3.49. The zero-order valence-electron chi connectivity index (χ0n) is 11.7. The maximum atomic E-state index is 5.58. The van der Waals surface area contributed by atoms with Gasteiger partial charge in [-0.1, -0.05) is 0 Å². The Balaban J connectivity index is 2.48. The average molecular weight is 246 g/mol. The molecule has 98 valence electrons. The van der Waals surface area contributed by atoms with Crippen molar-refractivity contribution in [2.75, 3.05) is 20.2 Å². The van der Waals surface area contributed by atoms with E-state index in [1.165, 1.54) is 22.2 Å². The lowest BCUT2D eigenvalue weighted by Gasteiger charge is -2.05. The number of aryl methyl sites for hydroxylation is 2. The fourth-order valence-electron chi connectivity index (χ4n) is 2.52. The highest BCUT2D eigenvalue weighted by Crippen LogP contribution is 2.28. The SMILES string of the molecule is CCOc1ccc2c(c1)c(C)c(CCNC)n2C. The van der Waals surface area contributed by atoms with Gasteiger partial charge in [0.05, 0.1) is 6.61 Å². The van der Waals surface area contributed by atoms with Crippen molar-refractivity contribution in [1.82, 2.24) is 9.88 Å². The van der Waals surface area contributed by atoms with Gasteiger partial charge < -0.3 is 14.6 Å². The Labute approximate surface area is 109 Å². The van der Waals surface area contributed by atoms with Crippen LogP contribution >= 0.6 is 0 Å². The Bertz CT molecular complexity index is 543. The molecule has 0 saturated carbocycles. The van der Waals surface area contributed by atoms with Gasteiger partial charge in [-0.15, -0.1) is 0 Å². The van der Waals surface area contributed by atoms with Gasteiger partial charge in [0.25, 0.3) is 0 Å². The molecular formula is C15H22N2O. The number of ether oxygens (including phenoxy) is 1. The molecule has 0 atom stereocenters. The molecule has 2 aromatic rings. The van der Waals surface area contributed by atoms with E-state index in [2.05, 4.69) is 36.0 Å². The summed E-state index contributed by atoms with van der Waals surface area (Å²) in [6.45, 7) is 5.93. The monoisotopic (exact) mass is 246 g/mol. The first-order valence-corrected chi connectivity index (χ1v) is 6.54. The Morgan fingerprint density at radius 1 is 1.33 bits per heavy atom. The standard InChI is InChI=1S/C15H22N2O/c1-5-18-12-6-7-15-13(10-12)11(2)14(17(15)4)8-9-16-3/h6-7,10,16H,5,8-9H2,1-4H3. The minimum absolute atomic E-state index is 0.712. The summed E-state index contributed by atoms with van der Waals surface area (Å²) in [6.07, 6.45) is 1.05. The number of benzene rings is 1. The molecule has 3 nitrogen and oxygen atoms in total. The quantitative estimate of drug-likeness (QED) is 0.877. The molecule has 0 spiro atoms. The molecule has 0 aliphatic heterocycles. The van der Waals surface area contributed by atoms with Crippen LogP contribution < -0.4 is 10.1 Å². The van der Waals surface area contributed by atoms with Crippen LogP contribution in [0.15, 0.2) is 18.2 Å². The summed E-state index contributed by atoms with van der Waals surface area (Å²) in [7, 11) is 4.13. The van der Waals surface area contributed by atoms with Crippen molar-refractivity contribution in [3.8, 4) is 5.75 Å². The third kappa shape index (κ3) is 2.23. The number of hydrogen-bond donors (Lipinski definition) is 1. The number of hydrogen-bond acceptors (Lipinski definition) is 2. The Hall–Kier alpha value is -1.48. The van der Waals surface area contributed by atoms with Gasteiger partial charge >= 0.3 is 0 Å². The summed E-state index contributed by atoms with van der Waals surface area (Å²) in [5, 5.41) is 4.51. The molecule has 1 aromatic carbocycles. The van der Waals surface area contributed by atoms with E-state index < -0.39 is 0 Å². The van der Waals surface area contributed by atoms with Crippen LogP contribution in [0.1, 0.15) is 18.2 Å². The molecular weight excluding hydrogens is 224 g/mol. The first kappa shape index (κ1) is 13.0. The number of fused-ring (bicyclic) bond motifs is 1. The first-order valence-electron chi connectivity index (χ1n) is 6.54. The molecule has 0 bridgehead atoms. The second-order valence-corrected chi connectivity index (χ2v) is 4.60. The molecule has 3 heteroatoms. The summed E-state index contributed by atoms with van der Waals surface area (Å²) in [5.41, 5.74) is 4.04. The summed E-state index contributed by atoms with van der Waals surface area (Å²) in [4.78, 5) is 0. The van der Waals surface area contributed by atoms with Gasteiger partial charge in [0.15, 0.2) is 0 Å². The normalized spacial score (nSPS) is 11.1. The first-order chi connectivity index (χ1) is 8.69. The van der Waals surface area contributed by atoms with Crippen molar-refractivity contribution in [1.29, 1.82) is 0 Å². The number of likely N-dealkylation sites (N-methyl/N-ethyl adjacent to an activating group) is 1. The molecule has 0 unspecified atom stereocenters. The van der Waals surface area contributed by atoms with Crippen molar-refractivity contribution in [2.45, 2.75) is 20.3 Å². The van der Waals surface area contributed by atoms with Crippen molar-refractivity contribution in [3.63, 3.8) is 0 Å². The van der Waals surface area contributed by atoms with E-state index in [9.17, 15) is 0 Å². The van der Waals surface area contributed by atoms with Gasteiger partial charge in [0.2, 0.25) is 0 Å². The number of aromatic nitrogens is 1. The van der Waals surface area contributed by atoms with E-state index in [-0.39, 0.29) is 0 Å². The lowest BCUT2D eigenvalue weighted by Crippen LogP contribution is -2.12. The van der Waals surface area contributed by atoms with Crippen LogP contribution in [0.4, 0.5) is 0 Å². The van der Waals surface area contributed by atoms with E-state index in [0.717, 1.165) is 18.7 Å². The van der Waals surface area contributed by atoms with Crippen LogP contribution in [0.3, 0.4) is 0 Å². The maximum Gasteiger partial charge on any atom is 0.120 e. The van der Waals surface area contributed by atoms with Crippen LogP contribution in [0.2, 0.25) is 0 Å². The minimum atomic E-state index is 0.712. The molecule has 0 radical (unpaired) electrons. The van der Waals surface area contributed by atoms with Gasteiger partial charge in [-0.2, -0.15) is 0 Å². The number of nitrogens with one attached hydrogen (secondary N) is 1. The fraction of sp³-hybridized carbons (Fsp3) is 0.467. The summed E-state index contributed by atoms with van der Waals surface area (Å²) >= 11 is 0. The Kier molecular flexibility index (Phi) is 3.92. The summed E-state index contributed by atoms with van der Waals surface area (Å²) in [5.74, 6) is 0.957. The molecule has 1 N–H and O–H groups in total. The topological polar surface area (TPSA) is 26.2 Å². The van der Waals surface area contributed by atoms with E-state index in [4.69, 9.17) is 4.74 Å². The van der Waals surface area contributed by atoms with Gasteiger partial charge in [-0.3, -0.25) is 0 Å². The second-order valence-electron chi connectivity index (χ2n) is 4.60. The van der Waals surface area contributed by atoms with Gasteiger partial charge in [0.1, 0.15) is 5.75 Å². The van der Waals surface area contributed by atoms with Gasteiger partial charge in [-0.25, -0.2) is 0 Å². The van der Waals surface area contributed by atoms with E-state index in [1.807, 2.05) is 20.0 Å². The van der Waals surface area contributed by atoms with Crippen molar-refractivity contribution in [3.05, 3.63) is 29.5 Å². The van der Waals surface area contributed by atoms with Crippen LogP contribution in [0.5, 0.6) is 5.75 Å². The van der Waals surface area contributed by atoms with Crippen LogP contribution in [-0.4, -0.2) is 24.8 Å². The zero-order chi connectivity index (χ0) is 13.1. The number of nitrogens with zero attached hydrogens (tertiary/aromatic N) is 1. The van der Waals surface area contributed by atoms with E-state index >= 15 is 0 Å². The van der Waals surface area contributed by atoms with E-state index in [1.54, 1.807) is 0 Å². The molecule has 0 fully saturated rings. The molecule has 0 aliphatic rings. The van der Waals surface area contributed by atoms with E-state index in [0.29, 0.717) is 6.61 Å². The molecule has 0 saturated heterocycles. The lowest BCUT2D eigenvalue weighted by molar-refractivity contribution is 0.340. The minimum Gasteiger partial charge on any atom is -0.494 e. The maximum absolute atomic E-state index is 5.58. The second kappa shape index (κ2) is 5.44. The van der Waals surface area contributed by atoms with Gasteiger partial charge in [-0.05, 0) is 44.7 Å². The average Bonchev–Trinajstić information content (AvgIpc) is 2.60. The summed E-state index contributed by atoms with van der Waals surface area (Å²) in [6, 6.07) is 6.35. The third-order valence-electron chi connectivity index (χ3n) is 3.49. The highest BCUT2D eigenvalue weighted by atomic mass is 16.5. The zero-order valence-corrected chi connectivity index (χ0v) is 11.7. The lowest BCUT2D eigenvalue weighted by atomic mass is 10.1. The van der Waals surface area contributed by atoms with Crippen LogP contribution in [0, 0.1) is 6.92 Å².